The van der Waals surface area contributed by atoms with Crippen LogP contribution in [0.1, 0.15) is 19.8 Å². The fourth-order valence-corrected chi connectivity index (χ4v) is 1.38. The fraction of sp³-hybridized carbons (Fsp3) is 0.778. The molecule has 0 saturated carbocycles. The highest BCUT2D eigenvalue weighted by atomic mass is 32.1. The van der Waals surface area contributed by atoms with Gasteiger partial charge >= 0.3 is 11.9 Å². The minimum absolute atomic E-state index is 0.300. The van der Waals surface area contributed by atoms with Crippen molar-refractivity contribution in [3.63, 3.8) is 0 Å². The van der Waals surface area contributed by atoms with Crippen LogP contribution in [0.2, 0.25) is 0 Å². The number of ether oxygens (including phenoxy) is 1. The molecular formula is C9H15NO3S. The van der Waals surface area contributed by atoms with E-state index in [2.05, 4.69) is 17.9 Å². The lowest BCUT2D eigenvalue weighted by atomic mass is 10.2. The number of nitrogens with one attached hydrogen (secondary N) is 1. The molecule has 1 rings (SSSR count). The number of hydrogen-bond acceptors (Lipinski definition) is 5. The summed E-state index contributed by atoms with van der Waals surface area (Å²) in [6.45, 7) is 2.50. The largest absolute Gasteiger partial charge is 0.392 e. The van der Waals surface area contributed by atoms with Gasteiger partial charge in [0.15, 0.2) is 0 Å². The second kappa shape index (κ2) is 5.36. The normalized spacial score (nSPS) is 23.1. The summed E-state index contributed by atoms with van der Waals surface area (Å²) in [6.07, 6.45) is 1.71. The summed E-state index contributed by atoms with van der Waals surface area (Å²) in [4.78, 5) is 22.6. The molecule has 0 spiro atoms. The average Bonchev–Trinajstić information content (AvgIpc) is 2.69. The zero-order valence-corrected chi connectivity index (χ0v) is 9.05. The molecule has 1 fully saturated rings. The fourth-order valence-electron chi connectivity index (χ4n) is 1.23. The minimum atomic E-state index is -0.487. The van der Waals surface area contributed by atoms with Crippen molar-refractivity contribution in [1.29, 1.82) is 0 Å². The van der Waals surface area contributed by atoms with Gasteiger partial charge in [0.2, 0.25) is 0 Å². The number of carbonyl (C=O) groups is 2. The zero-order chi connectivity index (χ0) is 10.6. The summed E-state index contributed by atoms with van der Waals surface area (Å²) in [7, 11) is 0. The van der Waals surface area contributed by atoms with Gasteiger partial charge in [-0.05, 0) is 19.4 Å². The molecule has 0 radical (unpaired) electrons. The molecule has 0 aromatic rings. The molecule has 0 aromatic heterocycles. The molecule has 1 aliphatic heterocycles. The van der Waals surface area contributed by atoms with Crippen molar-refractivity contribution in [2.45, 2.75) is 25.8 Å². The van der Waals surface area contributed by atoms with E-state index in [1.54, 1.807) is 6.92 Å². The van der Waals surface area contributed by atoms with Crippen LogP contribution in [0.4, 0.5) is 0 Å². The number of thiol groups is 1. The highest BCUT2D eigenvalue weighted by molar-refractivity contribution is 7.80. The van der Waals surface area contributed by atoms with E-state index in [1.165, 1.54) is 0 Å². The molecule has 1 heterocycles. The van der Waals surface area contributed by atoms with E-state index < -0.39 is 11.9 Å². The van der Waals surface area contributed by atoms with Gasteiger partial charge in [-0.2, -0.15) is 12.6 Å². The number of rotatable bonds is 3. The Morgan fingerprint density at radius 3 is 2.86 bits per heavy atom. The lowest BCUT2D eigenvalue weighted by molar-refractivity contribution is -0.163. The Morgan fingerprint density at radius 1 is 1.64 bits per heavy atom. The van der Waals surface area contributed by atoms with E-state index >= 15 is 0 Å². The summed E-state index contributed by atoms with van der Waals surface area (Å²) < 4.78 is 4.70. The van der Waals surface area contributed by atoms with Crippen molar-refractivity contribution in [3.05, 3.63) is 0 Å². The highest BCUT2D eigenvalue weighted by Gasteiger charge is 2.26. The Kier molecular flexibility index (Phi) is 4.41. The number of esters is 2. The maximum Gasteiger partial charge on any atom is 0.330 e. The molecule has 4 nitrogen and oxygen atoms in total. The van der Waals surface area contributed by atoms with Crippen LogP contribution < -0.4 is 5.32 Å². The smallest absolute Gasteiger partial charge is 0.330 e. The Bertz CT molecular complexity index is 226. The van der Waals surface area contributed by atoms with Crippen molar-refractivity contribution in [1.82, 2.24) is 5.32 Å². The molecule has 1 saturated heterocycles. The van der Waals surface area contributed by atoms with E-state index in [1.807, 2.05) is 0 Å². The van der Waals surface area contributed by atoms with Crippen molar-refractivity contribution in [2.75, 3.05) is 12.3 Å². The number of hydrogen-bond donors (Lipinski definition) is 2. The second-order valence-electron chi connectivity index (χ2n) is 3.47. The van der Waals surface area contributed by atoms with Gasteiger partial charge in [-0.15, -0.1) is 0 Å². The first kappa shape index (κ1) is 11.5. The predicted octanol–water partition coefficient (Wildman–Crippen LogP) is 0.374. The molecule has 0 bridgehead atoms. The third-order valence-corrected chi connectivity index (χ3v) is 2.77. The van der Waals surface area contributed by atoms with Crippen molar-refractivity contribution >= 4 is 24.6 Å². The van der Waals surface area contributed by atoms with Crippen molar-refractivity contribution in [2.24, 2.45) is 5.92 Å². The third-order valence-electron chi connectivity index (χ3n) is 2.22. The van der Waals surface area contributed by atoms with Gasteiger partial charge in [-0.3, -0.25) is 4.79 Å². The van der Waals surface area contributed by atoms with Crippen LogP contribution in [0.15, 0.2) is 0 Å². The molecule has 1 aliphatic rings. The second-order valence-corrected chi connectivity index (χ2v) is 3.84. The Balaban J connectivity index is 2.35. The first-order valence-electron chi connectivity index (χ1n) is 4.75. The van der Waals surface area contributed by atoms with Crippen LogP contribution >= 0.6 is 12.6 Å². The molecule has 0 amide bonds. The minimum Gasteiger partial charge on any atom is -0.392 e. The lowest BCUT2D eigenvalue weighted by Gasteiger charge is -2.11. The van der Waals surface area contributed by atoms with Gasteiger partial charge in [0.05, 0.1) is 5.92 Å². The molecule has 0 aliphatic carbocycles. The van der Waals surface area contributed by atoms with Gasteiger partial charge in [-0.25, -0.2) is 4.79 Å². The molecule has 0 aromatic carbocycles. The molecule has 80 valence electrons. The maximum atomic E-state index is 11.3. The molecular weight excluding hydrogens is 202 g/mol. The van der Waals surface area contributed by atoms with Crippen LogP contribution in [0.25, 0.3) is 0 Å². The first-order valence-corrected chi connectivity index (χ1v) is 5.38. The average molecular weight is 217 g/mol. The van der Waals surface area contributed by atoms with Gasteiger partial charge in [0.25, 0.3) is 0 Å². The van der Waals surface area contributed by atoms with Crippen LogP contribution in [0, 0.1) is 5.92 Å². The highest BCUT2D eigenvalue weighted by Crippen LogP contribution is 2.08. The van der Waals surface area contributed by atoms with E-state index in [0.717, 1.165) is 19.4 Å². The summed E-state index contributed by atoms with van der Waals surface area (Å²) in [5, 5.41) is 2.97. The molecule has 1 N–H and O–H groups in total. The van der Waals surface area contributed by atoms with Crippen molar-refractivity contribution < 1.29 is 14.3 Å². The Morgan fingerprint density at radius 2 is 2.36 bits per heavy atom. The van der Waals surface area contributed by atoms with E-state index in [9.17, 15) is 9.59 Å². The standard InChI is InChI=1S/C9H15NO3S/c1-6(5-14)8(11)13-9(12)7-3-2-4-10-7/h6-7,10,14H,2-5H2,1H3/t6-,7?/m1/s1. The summed E-state index contributed by atoms with van der Waals surface area (Å²) >= 11 is 3.96. The predicted molar refractivity (Wildman–Crippen MR) is 55.1 cm³/mol. The van der Waals surface area contributed by atoms with E-state index in [0.29, 0.717) is 5.75 Å². The molecule has 1 unspecified atom stereocenters. The summed E-state index contributed by atoms with van der Waals surface area (Å²) in [5.74, 6) is -0.881. The van der Waals surface area contributed by atoms with Gasteiger partial charge in [0.1, 0.15) is 6.04 Å². The van der Waals surface area contributed by atoms with Crippen LogP contribution in [0.5, 0.6) is 0 Å². The van der Waals surface area contributed by atoms with Crippen LogP contribution in [0.3, 0.4) is 0 Å². The van der Waals surface area contributed by atoms with E-state index in [4.69, 9.17) is 4.74 Å². The van der Waals surface area contributed by atoms with Gasteiger partial charge in [-0.1, -0.05) is 6.92 Å². The lowest BCUT2D eigenvalue weighted by Crippen LogP contribution is -2.35. The topological polar surface area (TPSA) is 55.4 Å². The monoisotopic (exact) mass is 217 g/mol. The Labute approximate surface area is 88.8 Å². The Hall–Kier alpha value is -0.550. The van der Waals surface area contributed by atoms with Crippen molar-refractivity contribution in [3.8, 4) is 0 Å². The summed E-state index contributed by atoms with van der Waals surface area (Å²) in [6, 6.07) is -0.300. The van der Waals surface area contributed by atoms with Gasteiger partial charge < -0.3 is 10.1 Å². The molecule has 5 heteroatoms. The van der Waals surface area contributed by atoms with E-state index in [-0.39, 0.29) is 12.0 Å². The zero-order valence-electron chi connectivity index (χ0n) is 8.16. The number of carbonyl (C=O) groups excluding carboxylic acids is 2. The van der Waals surface area contributed by atoms with Crippen LogP contribution in [-0.2, 0) is 14.3 Å². The SMILES string of the molecule is C[C@H](CS)C(=O)OC(=O)C1CCCN1. The summed E-state index contributed by atoms with van der Waals surface area (Å²) in [5.41, 5.74) is 0. The van der Waals surface area contributed by atoms with Gasteiger partial charge in [0, 0.05) is 5.75 Å². The quantitative estimate of drug-likeness (QED) is 0.407. The van der Waals surface area contributed by atoms with Crippen LogP contribution in [-0.4, -0.2) is 30.3 Å². The molecule has 14 heavy (non-hydrogen) atoms. The maximum absolute atomic E-state index is 11.3. The molecule has 2 atom stereocenters. The third kappa shape index (κ3) is 2.99. The first-order chi connectivity index (χ1) is 6.65.